The molecule has 1 atom stereocenters. The Balaban J connectivity index is 1.76. The van der Waals surface area contributed by atoms with Gasteiger partial charge in [0.25, 0.3) is 11.8 Å². The van der Waals surface area contributed by atoms with E-state index in [1.807, 2.05) is 29.1 Å². The summed E-state index contributed by atoms with van der Waals surface area (Å²) in [4.78, 5) is 38.6. The number of urea groups is 1. The number of carbonyl (C=O) groups excluding carboxylic acids is 3. The van der Waals surface area contributed by atoms with Crippen LogP contribution in [-0.4, -0.2) is 29.0 Å². The van der Waals surface area contributed by atoms with Crippen molar-refractivity contribution < 1.29 is 14.4 Å². The third-order valence-corrected chi connectivity index (χ3v) is 4.57. The molecule has 122 valence electrons. The average Bonchev–Trinajstić information content (AvgIpc) is 3.20. The summed E-state index contributed by atoms with van der Waals surface area (Å²) >= 11 is 6.04. The molecule has 1 unspecified atom stereocenters. The van der Waals surface area contributed by atoms with Crippen molar-refractivity contribution in [3.05, 3.63) is 53.3 Å². The molecule has 1 aromatic heterocycles. The van der Waals surface area contributed by atoms with Gasteiger partial charge in [0.15, 0.2) is 0 Å². The lowest BCUT2D eigenvalue weighted by Crippen LogP contribution is -2.52. The Morgan fingerprint density at radius 3 is 2.50 bits per heavy atom. The first-order valence-electron chi connectivity index (χ1n) is 7.39. The lowest BCUT2D eigenvalue weighted by atomic mass is 9.91. The zero-order valence-corrected chi connectivity index (χ0v) is 13.2. The van der Waals surface area contributed by atoms with Gasteiger partial charge >= 0.3 is 6.03 Å². The molecule has 8 heteroatoms. The highest BCUT2D eigenvalue weighted by atomic mass is 35.5. The summed E-state index contributed by atoms with van der Waals surface area (Å²) in [6.07, 6.45) is 3.78. The summed E-state index contributed by atoms with van der Waals surface area (Å²) < 4.78 is 1.93. The van der Waals surface area contributed by atoms with E-state index >= 15 is 0 Å². The summed E-state index contributed by atoms with van der Waals surface area (Å²) in [5.41, 5.74) is -0.752. The van der Waals surface area contributed by atoms with Crippen molar-refractivity contribution in [2.45, 2.75) is 12.1 Å². The maximum absolute atomic E-state index is 13.0. The van der Waals surface area contributed by atoms with Gasteiger partial charge in [-0.05, 0) is 30.3 Å². The number of anilines is 1. The number of aromatic nitrogens is 1. The lowest BCUT2D eigenvalue weighted by Gasteiger charge is -2.21. The van der Waals surface area contributed by atoms with Crippen LogP contribution in [0.25, 0.3) is 0 Å². The zero-order chi connectivity index (χ0) is 16.9. The summed E-state index contributed by atoms with van der Waals surface area (Å²) in [7, 11) is 0. The van der Waals surface area contributed by atoms with E-state index in [-0.39, 0.29) is 0 Å². The van der Waals surface area contributed by atoms with Crippen LogP contribution in [0.5, 0.6) is 0 Å². The maximum Gasteiger partial charge on any atom is 0.323 e. The molecule has 0 aliphatic carbocycles. The van der Waals surface area contributed by atoms with Crippen LogP contribution in [0.15, 0.2) is 42.7 Å². The van der Waals surface area contributed by atoms with E-state index in [9.17, 15) is 14.4 Å². The van der Waals surface area contributed by atoms with Gasteiger partial charge in [-0.25, -0.2) is 4.79 Å². The molecule has 1 aromatic carbocycles. The number of carbonyl (C=O) groups is 3. The number of nitrogens with zero attached hydrogens (tertiary/aromatic N) is 2. The topological polar surface area (TPSA) is 83.4 Å². The predicted molar refractivity (Wildman–Crippen MR) is 86.6 cm³/mol. The summed E-state index contributed by atoms with van der Waals surface area (Å²) in [6, 6.07) is 8.00. The number of amides is 4. The second-order valence-electron chi connectivity index (χ2n) is 5.70. The van der Waals surface area contributed by atoms with E-state index in [1.165, 1.54) is 4.90 Å². The molecule has 3 heterocycles. The van der Waals surface area contributed by atoms with Crippen LogP contribution in [0.3, 0.4) is 0 Å². The van der Waals surface area contributed by atoms with Gasteiger partial charge in [-0.15, -0.1) is 0 Å². The summed E-state index contributed by atoms with van der Waals surface area (Å²) in [5, 5.41) is 5.02. The van der Waals surface area contributed by atoms with Crippen molar-refractivity contribution in [3.8, 4) is 0 Å². The summed E-state index contributed by atoms with van der Waals surface area (Å²) in [5.74, 6) is -1.15. The first-order chi connectivity index (χ1) is 11.5. The fourth-order valence-electron chi connectivity index (χ4n) is 3.22. The first kappa shape index (κ1) is 14.8. The zero-order valence-electron chi connectivity index (χ0n) is 12.5. The van der Waals surface area contributed by atoms with Crippen molar-refractivity contribution in [1.82, 2.24) is 15.2 Å². The smallest absolute Gasteiger partial charge is 0.323 e. The monoisotopic (exact) mass is 344 g/mol. The van der Waals surface area contributed by atoms with Crippen LogP contribution in [0.1, 0.15) is 5.56 Å². The molecule has 0 radical (unpaired) electrons. The van der Waals surface area contributed by atoms with Crippen molar-refractivity contribution in [2.24, 2.45) is 0 Å². The van der Waals surface area contributed by atoms with Crippen LogP contribution < -0.4 is 15.5 Å². The Morgan fingerprint density at radius 1 is 1.08 bits per heavy atom. The highest BCUT2D eigenvalue weighted by Gasteiger charge is 2.61. The Kier molecular flexibility index (Phi) is 3.14. The Morgan fingerprint density at radius 2 is 1.83 bits per heavy atom. The normalized spacial score (nSPS) is 22.0. The standard InChI is InChI=1S/C16H13ClN4O3/c17-10-3-4-12-11(9-10)16(13(22)18-15(24)19-16)14(23)21(12)8-7-20-5-1-2-6-20/h1-6,9H,7-8H2,(H2,18,19,22,24). The highest BCUT2D eigenvalue weighted by Crippen LogP contribution is 2.43. The van der Waals surface area contributed by atoms with Crippen LogP contribution >= 0.6 is 11.6 Å². The van der Waals surface area contributed by atoms with Crippen molar-refractivity contribution >= 4 is 35.1 Å². The minimum absolute atomic E-state index is 0.368. The first-order valence-corrected chi connectivity index (χ1v) is 7.76. The van der Waals surface area contributed by atoms with E-state index in [0.717, 1.165) is 0 Å². The molecule has 1 spiro atoms. The maximum atomic E-state index is 13.0. The highest BCUT2D eigenvalue weighted by molar-refractivity contribution is 6.32. The second-order valence-corrected chi connectivity index (χ2v) is 6.13. The number of rotatable bonds is 3. The van der Waals surface area contributed by atoms with Gasteiger partial charge < -0.3 is 14.8 Å². The average molecular weight is 345 g/mol. The Bertz CT molecular complexity index is 864. The lowest BCUT2D eigenvalue weighted by molar-refractivity contribution is -0.133. The fourth-order valence-corrected chi connectivity index (χ4v) is 3.40. The SMILES string of the molecule is O=C1NC(=O)C2(N1)C(=O)N(CCn1cccc1)c1ccc(Cl)cc12. The van der Waals surface area contributed by atoms with E-state index in [0.29, 0.717) is 29.4 Å². The number of hydrogen-bond donors (Lipinski definition) is 2. The number of hydrogen-bond acceptors (Lipinski definition) is 3. The molecule has 4 rings (SSSR count). The molecule has 2 aliphatic heterocycles. The van der Waals surface area contributed by atoms with Crippen LogP contribution in [0.4, 0.5) is 10.5 Å². The second kappa shape index (κ2) is 5.10. The Hall–Kier alpha value is -2.80. The van der Waals surface area contributed by atoms with Crippen LogP contribution in [0.2, 0.25) is 5.02 Å². The number of benzene rings is 1. The van der Waals surface area contributed by atoms with E-state index in [1.54, 1.807) is 18.2 Å². The van der Waals surface area contributed by atoms with Gasteiger partial charge in [0, 0.05) is 36.1 Å². The molecule has 4 amide bonds. The molecule has 2 N–H and O–H groups in total. The predicted octanol–water partition coefficient (Wildman–Crippen LogP) is 1.22. The van der Waals surface area contributed by atoms with Crippen molar-refractivity contribution in [2.75, 3.05) is 11.4 Å². The van der Waals surface area contributed by atoms with Gasteiger partial charge in [0.2, 0.25) is 5.54 Å². The molecule has 7 nitrogen and oxygen atoms in total. The van der Waals surface area contributed by atoms with E-state index in [2.05, 4.69) is 10.6 Å². The van der Waals surface area contributed by atoms with Crippen molar-refractivity contribution in [1.29, 1.82) is 0 Å². The van der Waals surface area contributed by atoms with Gasteiger partial charge in [-0.1, -0.05) is 11.6 Å². The van der Waals surface area contributed by atoms with Gasteiger partial charge in [0.1, 0.15) is 0 Å². The molecule has 0 bridgehead atoms. The Labute approximate surface area is 142 Å². The fraction of sp³-hybridized carbons (Fsp3) is 0.188. The molecule has 0 saturated carbocycles. The molecular weight excluding hydrogens is 332 g/mol. The van der Waals surface area contributed by atoms with Gasteiger partial charge in [-0.2, -0.15) is 0 Å². The van der Waals surface area contributed by atoms with Crippen molar-refractivity contribution in [3.63, 3.8) is 0 Å². The summed E-state index contributed by atoms with van der Waals surface area (Å²) in [6.45, 7) is 0.930. The molecule has 1 saturated heterocycles. The molecule has 2 aromatic rings. The molecule has 1 fully saturated rings. The van der Waals surface area contributed by atoms with Crippen LogP contribution in [-0.2, 0) is 21.7 Å². The van der Waals surface area contributed by atoms with E-state index < -0.39 is 23.4 Å². The molecule has 24 heavy (non-hydrogen) atoms. The minimum atomic E-state index is -1.73. The number of halogens is 1. The van der Waals surface area contributed by atoms with Crippen LogP contribution in [0, 0.1) is 0 Å². The van der Waals surface area contributed by atoms with Gasteiger partial charge in [0.05, 0.1) is 5.69 Å². The molecular formula is C16H13ClN4O3. The quantitative estimate of drug-likeness (QED) is 0.648. The van der Waals surface area contributed by atoms with E-state index in [4.69, 9.17) is 11.6 Å². The third-order valence-electron chi connectivity index (χ3n) is 4.34. The molecule has 2 aliphatic rings. The minimum Gasteiger partial charge on any atom is -0.352 e. The largest absolute Gasteiger partial charge is 0.352 e. The number of nitrogens with one attached hydrogen (secondary N) is 2. The number of imide groups is 1. The third kappa shape index (κ3) is 1.94. The van der Waals surface area contributed by atoms with Gasteiger partial charge in [-0.3, -0.25) is 14.9 Å². The number of fused-ring (bicyclic) bond motifs is 2.